The maximum Gasteiger partial charge on any atom is 0.158 e. The number of carbonyl (C=O) groups is 1. The highest BCUT2D eigenvalue weighted by Crippen LogP contribution is 2.27. The number of benzene rings is 4. The first-order valence-corrected chi connectivity index (χ1v) is 13.9. The Labute approximate surface area is 227 Å². The van der Waals surface area contributed by atoms with Crippen LogP contribution in [0.4, 0.5) is 0 Å². The Morgan fingerprint density at radius 1 is 0.711 bits per heavy atom. The molecule has 0 spiro atoms. The van der Waals surface area contributed by atoms with Crippen molar-refractivity contribution in [3.63, 3.8) is 0 Å². The van der Waals surface area contributed by atoms with E-state index in [-0.39, 0.29) is 11.7 Å². The van der Waals surface area contributed by atoms with Crippen molar-refractivity contribution in [3.8, 4) is 0 Å². The maximum atomic E-state index is 14.1. The van der Waals surface area contributed by atoms with Crippen LogP contribution in [0.3, 0.4) is 0 Å². The second-order valence-electron chi connectivity index (χ2n) is 10.5. The van der Waals surface area contributed by atoms with E-state index in [1.165, 1.54) is 30.4 Å². The summed E-state index contributed by atoms with van der Waals surface area (Å²) in [6.07, 6.45) is 3.66. The lowest BCUT2D eigenvalue weighted by Gasteiger charge is -2.39. The summed E-state index contributed by atoms with van der Waals surface area (Å²) < 4.78 is 0. The van der Waals surface area contributed by atoms with Gasteiger partial charge in [-0.05, 0) is 41.6 Å². The van der Waals surface area contributed by atoms with Crippen LogP contribution in [0, 0.1) is 0 Å². The summed E-state index contributed by atoms with van der Waals surface area (Å²) in [5.41, 5.74) is 4.73. The molecule has 1 saturated heterocycles. The van der Waals surface area contributed by atoms with Gasteiger partial charge in [0, 0.05) is 25.7 Å². The summed E-state index contributed by atoms with van der Waals surface area (Å²) in [5.74, 6) is -0.00815. The van der Waals surface area contributed by atoms with E-state index in [4.69, 9.17) is 0 Å². The van der Waals surface area contributed by atoms with Gasteiger partial charge in [-0.3, -0.25) is 14.6 Å². The molecule has 0 radical (unpaired) electrons. The molecule has 4 aromatic rings. The monoisotopic (exact) mass is 502 g/mol. The smallest absolute Gasteiger partial charge is 0.158 e. The lowest BCUT2D eigenvalue weighted by molar-refractivity contribution is -0.121. The molecule has 0 unspecified atom stereocenters. The van der Waals surface area contributed by atoms with Gasteiger partial charge in [-0.2, -0.15) is 0 Å². The van der Waals surface area contributed by atoms with Gasteiger partial charge in [0.25, 0.3) is 0 Å². The number of ketones is 1. The minimum absolute atomic E-state index is 0.253. The molecule has 0 N–H and O–H groups in total. The van der Waals surface area contributed by atoms with Gasteiger partial charge in [0.15, 0.2) is 5.78 Å². The van der Waals surface area contributed by atoms with E-state index in [9.17, 15) is 4.79 Å². The molecular weight excluding hydrogens is 464 g/mol. The van der Waals surface area contributed by atoms with Crippen LogP contribution in [0.15, 0.2) is 121 Å². The molecule has 5 rings (SSSR count). The second kappa shape index (κ2) is 13.3. The van der Waals surface area contributed by atoms with Gasteiger partial charge in [-0.25, -0.2) is 0 Å². The van der Waals surface area contributed by atoms with Gasteiger partial charge < -0.3 is 0 Å². The Morgan fingerprint density at radius 2 is 1.24 bits per heavy atom. The topological polar surface area (TPSA) is 23.6 Å². The van der Waals surface area contributed by atoms with Crippen molar-refractivity contribution >= 4 is 5.78 Å². The summed E-state index contributed by atoms with van der Waals surface area (Å²) in [6.45, 7) is 4.18. The van der Waals surface area contributed by atoms with Crippen molar-refractivity contribution in [2.75, 3.05) is 19.6 Å². The van der Waals surface area contributed by atoms with Gasteiger partial charge in [0.2, 0.25) is 0 Å². The van der Waals surface area contributed by atoms with E-state index >= 15 is 0 Å². The highest BCUT2D eigenvalue weighted by atomic mass is 16.1. The second-order valence-corrected chi connectivity index (χ2v) is 10.5. The zero-order valence-corrected chi connectivity index (χ0v) is 22.2. The lowest BCUT2D eigenvalue weighted by atomic mass is 9.87. The molecule has 0 bridgehead atoms. The number of Topliss-reactive ketones (excluding diaryl/α,β-unsaturated/α-hetero) is 1. The Balaban J connectivity index is 1.38. The molecule has 1 aliphatic rings. The van der Waals surface area contributed by atoms with Crippen LogP contribution in [0.5, 0.6) is 0 Å². The van der Waals surface area contributed by atoms with Crippen LogP contribution in [-0.4, -0.2) is 41.3 Å². The molecule has 4 aromatic carbocycles. The molecule has 1 aliphatic heterocycles. The van der Waals surface area contributed by atoms with Crippen molar-refractivity contribution in [2.24, 2.45) is 0 Å². The third kappa shape index (κ3) is 7.06. The number of nitrogens with zero attached hydrogens (tertiary/aromatic N) is 2. The Kier molecular flexibility index (Phi) is 9.15. The van der Waals surface area contributed by atoms with Gasteiger partial charge in [-0.1, -0.05) is 128 Å². The van der Waals surface area contributed by atoms with Crippen LogP contribution in [0.2, 0.25) is 0 Å². The van der Waals surface area contributed by atoms with E-state index in [0.717, 1.165) is 37.3 Å². The Morgan fingerprint density at radius 3 is 1.82 bits per heavy atom. The van der Waals surface area contributed by atoms with E-state index < -0.39 is 0 Å². The van der Waals surface area contributed by atoms with Gasteiger partial charge in [0.1, 0.15) is 0 Å². The van der Waals surface area contributed by atoms with E-state index in [0.29, 0.717) is 12.6 Å². The van der Waals surface area contributed by atoms with E-state index in [2.05, 4.69) is 94.7 Å². The molecule has 0 amide bonds. The number of likely N-dealkylation sites (tertiary alicyclic amines) is 1. The number of piperidine rings is 1. The molecule has 1 heterocycles. The summed E-state index contributed by atoms with van der Waals surface area (Å²) in [6, 6.07) is 42.3. The molecule has 0 saturated carbocycles. The molecular formula is C35H38N2O. The fraction of sp³-hybridized carbons (Fsp3) is 0.286. The standard InChI is InChI=1S/C35H38N2O/c38-34(35(31-19-9-3-10-20-31)32-21-11-4-12-22-32)28-36(25-29-15-5-1-6-16-29)27-33-23-13-14-24-37(33)26-30-17-7-2-8-18-30/h1-12,15-22,33,35H,13-14,23-28H2/t33-/m0/s1. The molecule has 3 nitrogen and oxygen atoms in total. The molecule has 1 fully saturated rings. The summed E-state index contributed by atoms with van der Waals surface area (Å²) in [7, 11) is 0. The largest absolute Gasteiger partial charge is 0.297 e. The van der Waals surface area contributed by atoms with Gasteiger partial charge in [0.05, 0.1) is 12.5 Å². The van der Waals surface area contributed by atoms with Crippen LogP contribution < -0.4 is 0 Å². The third-order valence-electron chi connectivity index (χ3n) is 7.66. The van der Waals surface area contributed by atoms with Crippen LogP contribution in [0.25, 0.3) is 0 Å². The molecule has 0 aliphatic carbocycles. The fourth-order valence-electron chi connectivity index (χ4n) is 5.78. The normalized spacial score (nSPS) is 16.1. The summed E-state index contributed by atoms with van der Waals surface area (Å²) in [4.78, 5) is 19.1. The molecule has 38 heavy (non-hydrogen) atoms. The molecule has 1 atom stereocenters. The maximum absolute atomic E-state index is 14.1. The predicted octanol–water partition coefficient (Wildman–Crippen LogP) is 6.94. The highest BCUT2D eigenvalue weighted by molar-refractivity contribution is 5.90. The zero-order valence-electron chi connectivity index (χ0n) is 22.2. The minimum atomic E-state index is -0.262. The predicted molar refractivity (Wildman–Crippen MR) is 156 cm³/mol. The number of hydrogen-bond donors (Lipinski definition) is 0. The van der Waals surface area contributed by atoms with Crippen molar-refractivity contribution in [2.45, 2.75) is 44.3 Å². The number of rotatable bonds is 11. The Hall–Kier alpha value is -3.53. The molecule has 3 heteroatoms. The van der Waals surface area contributed by atoms with Crippen molar-refractivity contribution < 1.29 is 4.79 Å². The Bertz CT molecular complexity index is 1200. The van der Waals surface area contributed by atoms with Crippen LogP contribution >= 0.6 is 0 Å². The minimum Gasteiger partial charge on any atom is -0.297 e. The zero-order chi connectivity index (χ0) is 26.0. The van der Waals surface area contributed by atoms with Crippen molar-refractivity contribution in [1.29, 1.82) is 0 Å². The van der Waals surface area contributed by atoms with Crippen molar-refractivity contribution in [1.82, 2.24) is 9.80 Å². The first kappa shape index (κ1) is 26.1. The highest BCUT2D eigenvalue weighted by Gasteiger charge is 2.28. The van der Waals surface area contributed by atoms with Gasteiger partial charge in [-0.15, -0.1) is 0 Å². The SMILES string of the molecule is O=C(CN(Cc1ccccc1)C[C@@H]1CCCCN1Cc1ccccc1)C(c1ccccc1)c1ccccc1. The fourth-order valence-corrected chi connectivity index (χ4v) is 5.78. The summed E-state index contributed by atoms with van der Waals surface area (Å²) >= 11 is 0. The lowest BCUT2D eigenvalue weighted by Crippen LogP contribution is -2.47. The summed E-state index contributed by atoms with van der Waals surface area (Å²) in [5, 5.41) is 0. The first-order chi connectivity index (χ1) is 18.8. The van der Waals surface area contributed by atoms with Gasteiger partial charge >= 0.3 is 0 Å². The average molecular weight is 503 g/mol. The number of carbonyl (C=O) groups excluding carboxylic acids is 1. The first-order valence-electron chi connectivity index (χ1n) is 13.9. The van der Waals surface area contributed by atoms with Crippen LogP contribution in [-0.2, 0) is 17.9 Å². The van der Waals surface area contributed by atoms with E-state index in [1.807, 2.05) is 36.4 Å². The molecule has 0 aromatic heterocycles. The van der Waals surface area contributed by atoms with E-state index in [1.54, 1.807) is 0 Å². The third-order valence-corrected chi connectivity index (χ3v) is 7.66. The van der Waals surface area contributed by atoms with Crippen molar-refractivity contribution in [3.05, 3.63) is 144 Å². The quantitative estimate of drug-likeness (QED) is 0.222. The van der Waals surface area contributed by atoms with Crippen LogP contribution in [0.1, 0.15) is 47.4 Å². The molecule has 194 valence electrons. The average Bonchev–Trinajstić information content (AvgIpc) is 2.96. The number of hydrogen-bond acceptors (Lipinski definition) is 3.